The van der Waals surface area contributed by atoms with Crippen LogP contribution in [0.15, 0.2) is 69.9 Å². The molecule has 1 saturated heterocycles. The number of thiophene rings is 1. The molecule has 1 aliphatic heterocycles. The fourth-order valence-electron chi connectivity index (χ4n) is 4.31. The molecule has 1 amide bonds. The molecule has 0 spiro atoms. The van der Waals surface area contributed by atoms with Crippen LogP contribution < -0.4 is 5.32 Å². The van der Waals surface area contributed by atoms with Crippen LogP contribution in [0.5, 0.6) is 0 Å². The summed E-state index contributed by atoms with van der Waals surface area (Å²) < 4.78 is 5.29. The van der Waals surface area contributed by atoms with Gasteiger partial charge in [-0.3, -0.25) is 9.69 Å². The monoisotopic (exact) mass is 472 g/mol. The third-order valence-corrected chi connectivity index (χ3v) is 6.86. The number of carbonyl (C=O) groups excluding carboxylic acids is 1. The lowest BCUT2D eigenvalue weighted by Crippen LogP contribution is -2.23. The maximum atomic E-state index is 12.5. The van der Waals surface area contributed by atoms with Gasteiger partial charge in [0.25, 0.3) is 0 Å². The number of rotatable bonds is 9. The van der Waals surface area contributed by atoms with Crippen molar-refractivity contribution < 1.29 is 9.32 Å². The number of nitrogens with zero attached hydrogens (tertiary/aromatic N) is 3. The van der Waals surface area contributed by atoms with Gasteiger partial charge in [-0.05, 0) is 59.6 Å². The van der Waals surface area contributed by atoms with E-state index < -0.39 is 0 Å². The van der Waals surface area contributed by atoms with E-state index in [0.29, 0.717) is 31.1 Å². The molecule has 0 unspecified atom stereocenters. The summed E-state index contributed by atoms with van der Waals surface area (Å²) in [5.41, 5.74) is 5.69. The van der Waals surface area contributed by atoms with Crippen LogP contribution in [0.3, 0.4) is 0 Å². The molecule has 2 aromatic carbocycles. The van der Waals surface area contributed by atoms with E-state index in [9.17, 15) is 4.79 Å². The average molecular weight is 473 g/mol. The highest BCUT2D eigenvalue weighted by atomic mass is 32.1. The third-order valence-electron chi connectivity index (χ3n) is 6.18. The molecule has 0 radical (unpaired) electrons. The highest BCUT2D eigenvalue weighted by Gasteiger charge is 2.13. The number of likely N-dealkylation sites (tertiary alicyclic amines) is 1. The molecule has 34 heavy (non-hydrogen) atoms. The van der Waals surface area contributed by atoms with Crippen LogP contribution in [0.2, 0.25) is 0 Å². The molecule has 0 bridgehead atoms. The van der Waals surface area contributed by atoms with Crippen molar-refractivity contribution in [2.75, 3.05) is 13.1 Å². The van der Waals surface area contributed by atoms with Crippen molar-refractivity contribution in [2.24, 2.45) is 0 Å². The molecule has 1 aliphatic rings. The largest absolute Gasteiger partial charge is 0.352 e. The van der Waals surface area contributed by atoms with Gasteiger partial charge in [-0.2, -0.15) is 16.3 Å². The summed E-state index contributed by atoms with van der Waals surface area (Å²) in [5, 5.41) is 11.0. The van der Waals surface area contributed by atoms with E-state index in [0.717, 1.165) is 23.2 Å². The second kappa shape index (κ2) is 10.8. The van der Waals surface area contributed by atoms with Crippen LogP contribution in [0.25, 0.3) is 22.5 Å². The summed E-state index contributed by atoms with van der Waals surface area (Å²) in [7, 11) is 0. The average Bonchev–Trinajstić information content (AvgIpc) is 3.65. The van der Waals surface area contributed by atoms with Crippen LogP contribution in [0.1, 0.15) is 36.3 Å². The topological polar surface area (TPSA) is 71.3 Å². The van der Waals surface area contributed by atoms with E-state index >= 15 is 0 Å². The summed E-state index contributed by atoms with van der Waals surface area (Å²) in [6.45, 7) is 3.90. The molecule has 6 nitrogen and oxygen atoms in total. The van der Waals surface area contributed by atoms with Crippen molar-refractivity contribution >= 4 is 17.2 Å². The Hall–Kier alpha value is -3.29. The minimum absolute atomic E-state index is 0.0361. The van der Waals surface area contributed by atoms with Gasteiger partial charge in [-0.25, -0.2) is 0 Å². The molecular formula is C27H28N4O2S. The van der Waals surface area contributed by atoms with Gasteiger partial charge in [-0.15, -0.1) is 0 Å². The molecule has 0 aliphatic carbocycles. The van der Waals surface area contributed by atoms with Gasteiger partial charge in [0.1, 0.15) is 0 Å². The lowest BCUT2D eigenvalue weighted by atomic mass is 9.98. The molecule has 7 heteroatoms. The summed E-state index contributed by atoms with van der Waals surface area (Å²) in [4.78, 5) is 19.4. The number of amides is 1. The summed E-state index contributed by atoms with van der Waals surface area (Å²) >= 11 is 1.59. The molecular weight excluding hydrogens is 444 g/mol. The van der Waals surface area contributed by atoms with Crippen molar-refractivity contribution in [1.82, 2.24) is 20.4 Å². The van der Waals surface area contributed by atoms with Crippen molar-refractivity contribution in [3.05, 3.63) is 82.4 Å². The molecule has 4 aromatic rings. The highest BCUT2D eigenvalue weighted by molar-refractivity contribution is 7.08. The maximum Gasteiger partial charge on any atom is 0.227 e. The predicted molar refractivity (Wildman–Crippen MR) is 134 cm³/mol. The smallest absolute Gasteiger partial charge is 0.227 e. The molecule has 2 aromatic heterocycles. The van der Waals surface area contributed by atoms with E-state index in [1.165, 1.54) is 37.1 Å². The Morgan fingerprint density at radius 2 is 1.85 bits per heavy atom. The van der Waals surface area contributed by atoms with Crippen molar-refractivity contribution in [3.8, 4) is 22.5 Å². The lowest BCUT2D eigenvalue weighted by Gasteiger charge is -2.15. The molecule has 174 valence electrons. The van der Waals surface area contributed by atoms with Gasteiger partial charge in [0.05, 0.1) is 0 Å². The van der Waals surface area contributed by atoms with E-state index in [1.807, 2.05) is 29.0 Å². The first-order valence-electron chi connectivity index (χ1n) is 11.8. The van der Waals surface area contributed by atoms with Crippen molar-refractivity contribution in [3.63, 3.8) is 0 Å². The van der Waals surface area contributed by atoms with Crippen molar-refractivity contribution in [2.45, 2.75) is 38.8 Å². The van der Waals surface area contributed by atoms with E-state index in [2.05, 4.69) is 56.8 Å². The molecule has 0 atom stereocenters. The van der Waals surface area contributed by atoms with Gasteiger partial charge in [0, 0.05) is 36.9 Å². The first-order chi connectivity index (χ1) is 16.7. The van der Waals surface area contributed by atoms with E-state index in [-0.39, 0.29) is 5.91 Å². The van der Waals surface area contributed by atoms with Gasteiger partial charge in [0.15, 0.2) is 0 Å². The van der Waals surface area contributed by atoms with Gasteiger partial charge in [0.2, 0.25) is 17.6 Å². The second-order valence-corrected chi connectivity index (χ2v) is 9.42. The van der Waals surface area contributed by atoms with Gasteiger partial charge in [-0.1, -0.05) is 53.7 Å². The number of nitrogens with one attached hydrogen (secondary N) is 1. The quantitative estimate of drug-likeness (QED) is 0.357. The Balaban J connectivity index is 1.16. The Labute approximate surface area is 203 Å². The summed E-state index contributed by atoms with van der Waals surface area (Å²) in [5.74, 6) is 1.01. The van der Waals surface area contributed by atoms with Crippen LogP contribution in [-0.2, 0) is 24.3 Å². The third kappa shape index (κ3) is 5.61. The molecule has 1 N–H and O–H groups in total. The van der Waals surface area contributed by atoms with E-state index in [4.69, 9.17) is 4.52 Å². The Morgan fingerprint density at radius 3 is 2.65 bits per heavy atom. The molecule has 0 saturated carbocycles. The Morgan fingerprint density at radius 1 is 1.03 bits per heavy atom. The second-order valence-electron chi connectivity index (χ2n) is 8.64. The Kier molecular flexibility index (Phi) is 7.12. The maximum absolute atomic E-state index is 12.5. The zero-order chi connectivity index (χ0) is 23.2. The fraction of sp³-hybridized carbons (Fsp3) is 0.296. The van der Waals surface area contributed by atoms with Crippen LogP contribution in [0, 0.1) is 0 Å². The molecule has 1 fully saturated rings. The zero-order valence-corrected chi connectivity index (χ0v) is 19.9. The molecule has 5 rings (SSSR count). The fourth-order valence-corrected chi connectivity index (χ4v) is 4.95. The number of aromatic nitrogens is 2. The minimum Gasteiger partial charge on any atom is -0.352 e. The Bertz CT molecular complexity index is 1210. The number of aryl methyl sites for hydroxylation is 1. The van der Waals surface area contributed by atoms with Crippen LogP contribution >= 0.6 is 11.3 Å². The van der Waals surface area contributed by atoms with Gasteiger partial charge >= 0.3 is 0 Å². The van der Waals surface area contributed by atoms with Crippen LogP contribution in [0.4, 0.5) is 0 Å². The first-order valence-corrected chi connectivity index (χ1v) is 12.7. The predicted octanol–water partition coefficient (Wildman–Crippen LogP) is 5.31. The van der Waals surface area contributed by atoms with Crippen molar-refractivity contribution in [1.29, 1.82) is 0 Å². The lowest BCUT2D eigenvalue weighted by molar-refractivity contribution is -0.121. The minimum atomic E-state index is -0.0361. The summed E-state index contributed by atoms with van der Waals surface area (Å²) in [6.07, 6.45) is 3.34. The zero-order valence-electron chi connectivity index (χ0n) is 19.1. The summed E-state index contributed by atoms with van der Waals surface area (Å²) in [6, 6.07) is 19.0. The van der Waals surface area contributed by atoms with E-state index in [1.54, 1.807) is 11.3 Å². The standard InChI is InChI=1S/C27H28N4O2S/c32-25(11-12-26-29-27(30-33-26)23-13-16-34-19-23)28-17-22-5-1-2-6-24(22)21-9-7-20(8-10-21)18-31-14-3-4-15-31/h1-2,5-10,13,16,19H,3-4,11-12,14-15,17-18H2,(H,28,32). The number of benzene rings is 2. The first kappa shape index (κ1) is 22.5. The van der Waals surface area contributed by atoms with Gasteiger partial charge < -0.3 is 9.84 Å². The van der Waals surface area contributed by atoms with Crippen LogP contribution in [-0.4, -0.2) is 34.0 Å². The SMILES string of the molecule is O=C(CCc1nc(-c2ccsc2)no1)NCc1ccccc1-c1ccc(CN2CCCC2)cc1. The highest BCUT2D eigenvalue weighted by Crippen LogP contribution is 2.25. The number of hydrogen-bond acceptors (Lipinski definition) is 6. The molecule has 3 heterocycles. The normalized spacial score (nSPS) is 13.9. The number of carbonyl (C=O) groups is 1. The number of hydrogen-bond donors (Lipinski definition) is 1.